The van der Waals surface area contributed by atoms with Crippen molar-refractivity contribution in [1.82, 2.24) is 9.78 Å². The van der Waals surface area contributed by atoms with E-state index < -0.39 is 5.91 Å². The molecule has 6 heteroatoms. The number of nitrogens with two attached hydrogens (primary N) is 2. The molecule has 1 aromatic heterocycles. The molecule has 0 unspecified atom stereocenters. The molecule has 0 spiro atoms. The molecule has 0 radical (unpaired) electrons. The Morgan fingerprint density at radius 2 is 2.22 bits per heavy atom. The van der Waals surface area contributed by atoms with Gasteiger partial charge in [0.1, 0.15) is 0 Å². The van der Waals surface area contributed by atoms with Crippen LogP contribution in [0.25, 0.3) is 5.69 Å². The Kier molecular flexibility index (Phi) is 3.36. The molecule has 0 bridgehead atoms. The minimum atomic E-state index is -0.524. The summed E-state index contributed by atoms with van der Waals surface area (Å²) in [5.74, 6) is -0.524. The number of halogens is 1. The summed E-state index contributed by atoms with van der Waals surface area (Å²) < 4.78 is 1.51. The van der Waals surface area contributed by atoms with Gasteiger partial charge in [0.2, 0.25) is 0 Å². The highest BCUT2D eigenvalue weighted by atomic mass is 35.5. The second-order valence-electron chi connectivity index (χ2n) is 4.04. The van der Waals surface area contributed by atoms with Crippen LogP contribution in [0.15, 0.2) is 30.6 Å². The van der Waals surface area contributed by atoms with Crippen LogP contribution in [-0.2, 0) is 0 Å². The molecule has 0 fully saturated rings. The molecule has 0 aliphatic heterocycles. The van der Waals surface area contributed by atoms with Crippen LogP contribution in [0.1, 0.15) is 28.9 Å². The van der Waals surface area contributed by atoms with Gasteiger partial charge < -0.3 is 11.5 Å². The van der Waals surface area contributed by atoms with Crippen molar-refractivity contribution in [2.24, 2.45) is 11.5 Å². The van der Waals surface area contributed by atoms with Crippen LogP contribution in [0.2, 0.25) is 5.02 Å². The van der Waals surface area contributed by atoms with Crippen molar-refractivity contribution < 1.29 is 4.79 Å². The zero-order chi connectivity index (χ0) is 13.3. The third-order valence-corrected chi connectivity index (χ3v) is 2.91. The molecule has 0 saturated carbocycles. The molecule has 0 aliphatic rings. The van der Waals surface area contributed by atoms with Crippen LogP contribution in [0.4, 0.5) is 0 Å². The SMILES string of the molecule is C[C@H](N)c1ccc(-n2cc(C(N)=O)cn2)c(Cl)c1. The molecular weight excluding hydrogens is 252 g/mol. The van der Waals surface area contributed by atoms with E-state index in [2.05, 4.69) is 5.10 Å². The summed E-state index contributed by atoms with van der Waals surface area (Å²) in [4.78, 5) is 11.0. The summed E-state index contributed by atoms with van der Waals surface area (Å²) >= 11 is 6.16. The first-order chi connectivity index (χ1) is 8.49. The van der Waals surface area contributed by atoms with Gasteiger partial charge in [0, 0.05) is 12.2 Å². The van der Waals surface area contributed by atoms with E-state index >= 15 is 0 Å². The largest absolute Gasteiger partial charge is 0.366 e. The van der Waals surface area contributed by atoms with Crippen LogP contribution >= 0.6 is 11.6 Å². The zero-order valence-electron chi connectivity index (χ0n) is 9.80. The number of hydrogen-bond donors (Lipinski definition) is 2. The molecule has 0 aliphatic carbocycles. The van der Waals surface area contributed by atoms with Crippen LogP contribution in [-0.4, -0.2) is 15.7 Å². The van der Waals surface area contributed by atoms with Crippen molar-refractivity contribution in [3.05, 3.63) is 46.7 Å². The van der Waals surface area contributed by atoms with Gasteiger partial charge in [-0.25, -0.2) is 4.68 Å². The highest BCUT2D eigenvalue weighted by Crippen LogP contribution is 2.24. The summed E-state index contributed by atoms with van der Waals surface area (Å²) in [5, 5.41) is 4.56. The minimum Gasteiger partial charge on any atom is -0.366 e. The zero-order valence-corrected chi connectivity index (χ0v) is 10.6. The number of carbonyl (C=O) groups excluding carboxylic acids is 1. The second kappa shape index (κ2) is 4.80. The van der Waals surface area contributed by atoms with E-state index in [0.29, 0.717) is 16.3 Å². The summed E-state index contributed by atoms with van der Waals surface area (Å²) in [6, 6.07) is 5.37. The first-order valence-corrected chi connectivity index (χ1v) is 5.76. The van der Waals surface area contributed by atoms with Gasteiger partial charge in [0.15, 0.2) is 0 Å². The average molecular weight is 265 g/mol. The summed E-state index contributed by atoms with van der Waals surface area (Å²) in [6.07, 6.45) is 2.94. The number of aromatic nitrogens is 2. The maximum absolute atomic E-state index is 11.0. The molecule has 2 rings (SSSR count). The van der Waals surface area contributed by atoms with Gasteiger partial charge in [-0.15, -0.1) is 0 Å². The van der Waals surface area contributed by atoms with E-state index in [-0.39, 0.29) is 6.04 Å². The maximum Gasteiger partial charge on any atom is 0.251 e. The molecule has 1 amide bonds. The number of primary amides is 1. The smallest absolute Gasteiger partial charge is 0.251 e. The lowest BCUT2D eigenvalue weighted by atomic mass is 10.1. The van der Waals surface area contributed by atoms with E-state index in [1.807, 2.05) is 13.0 Å². The van der Waals surface area contributed by atoms with Gasteiger partial charge in [-0.2, -0.15) is 5.10 Å². The van der Waals surface area contributed by atoms with Gasteiger partial charge >= 0.3 is 0 Å². The number of amides is 1. The molecule has 18 heavy (non-hydrogen) atoms. The Balaban J connectivity index is 2.41. The van der Waals surface area contributed by atoms with Crippen LogP contribution < -0.4 is 11.5 Å². The monoisotopic (exact) mass is 264 g/mol. The third-order valence-electron chi connectivity index (χ3n) is 2.61. The van der Waals surface area contributed by atoms with Gasteiger partial charge in [-0.1, -0.05) is 17.7 Å². The quantitative estimate of drug-likeness (QED) is 0.884. The van der Waals surface area contributed by atoms with E-state index in [0.717, 1.165) is 5.56 Å². The van der Waals surface area contributed by atoms with E-state index in [1.54, 1.807) is 12.1 Å². The Bertz CT molecular complexity index is 592. The Morgan fingerprint density at radius 1 is 1.50 bits per heavy atom. The first-order valence-electron chi connectivity index (χ1n) is 5.39. The fourth-order valence-electron chi connectivity index (χ4n) is 1.57. The van der Waals surface area contributed by atoms with Crippen LogP contribution in [0.5, 0.6) is 0 Å². The van der Waals surface area contributed by atoms with Crippen molar-refractivity contribution in [3.8, 4) is 5.69 Å². The molecule has 1 atom stereocenters. The lowest BCUT2D eigenvalue weighted by Crippen LogP contribution is -2.09. The predicted octanol–water partition coefficient (Wildman–Crippen LogP) is 1.64. The molecule has 1 heterocycles. The molecular formula is C12H13ClN4O. The minimum absolute atomic E-state index is 0.0876. The highest BCUT2D eigenvalue weighted by molar-refractivity contribution is 6.32. The fourth-order valence-corrected chi connectivity index (χ4v) is 1.85. The normalized spacial score (nSPS) is 12.4. The topological polar surface area (TPSA) is 86.9 Å². The lowest BCUT2D eigenvalue weighted by molar-refractivity contribution is 0.100. The average Bonchev–Trinajstić information content (AvgIpc) is 2.78. The highest BCUT2D eigenvalue weighted by Gasteiger charge is 2.09. The number of nitrogens with zero attached hydrogens (tertiary/aromatic N) is 2. The Morgan fingerprint density at radius 3 is 2.72 bits per heavy atom. The summed E-state index contributed by atoms with van der Waals surface area (Å²) in [5.41, 5.74) is 12.9. The Labute approximate surface area is 109 Å². The van der Waals surface area contributed by atoms with Crippen LogP contribution in [0, 0.1) is 0 Å². The molecule has 1 aromatic carbocycles. The van der Waals surface area contributed by atoms with Crippen molar-refractivity contribution in [2.45, 2.75) is 13.0 Å². The number of rotatable bonds is 3. The second-order valence-corrected chi connectivity index (χ2v) is 4.44. The Hall–Kier alpha value is -1.85. The molecule has 0 saturated heterocycles. The maximum atomic E-state index is 11.0. The standard InChI is InChI=1S/C12H13ClN4O/c1-7(14)8-2-3-11(10(13)4-8)17-6-9(5-16-17)12(15)18/h2-7H,14H2,1H3,(H2,15,18)/t7-/m0/s1. The van der Waals surface area contributed by atoms with Crippen molar-refractivity contribution in [1.29, 1.82) is 0 Å². The predicted molar refractivity (Wildman–Crippen MR) is 69.7 cm³/mol. The number of benzene rings is 1. The summed E-state index contributed by atoms with van der Waals surface area (Å²) in [7, 11) is 0. The molecule has 5 nitrogen and oxygen atoms in total. The fraction of sp³-hybridized carbons (Fsp3) is 0.167. The van der Waals surface area contributed by atoms with Crippen molar-refractivity contribution in [3.63, 3.8) is 0 Å². The summed E-state index contributed by atoms with van der Waals surface area (Å²) in [6.45, 7) is 1.88. The molecule has 94 valence electrons. The van der Waals surface area contributed by atoms with E-state index in [9.17, 15) is 4.79 Å². The van der Waals surface area contributed by atoms with Gasteiger partial charge in [0.25, 0.3) is 5.91 Å². The van der Waals surface area contributed by atoms with E-state index in [4.69, 9.17) is 23.1 Å². The third kappa shape index (κ3) is 2.37. The molecule has 2 aromatic rings. The lowest BCUT2D eigenvalue weighted by Gasteiger charge is -2.09. The van der Waals surface area contributed by atoms with Crippen LogP contribution in [0.3, 0.4) is 0 Å². The van der Waals surface area contributed by atoms with Gasteiger partial charge in [-0.05, 0) is 24.6 Å². The van der Waals surface area contributed by atoms with Gasteiger partial charge in [-0.3, -0.25) is 4.79 Å². The van der Waals surface area contributed by atoms with Crippen molar-refractivity contribution in [2.75, 3.05) is 0 Å². The number of carbonyl (C=O) groups is 1. The van der Waals surface area contributed by atoms with Gasteiger partial charge in [0.05, 0.1) is 22.5 Å². The first kappa shape index (κ1) is 12.6. The number of hydrogen-bond acceptors (Lipinski definition) is 3. The van der Waals surface area contributed by atoms with Crippen molar-refractivity contribution >= 4 is 17.5 Å². The van der Waals surface area contributed by atoms with E-state index in [1.165, 1.54) is 17.1 Å². The molecule has 4 N–H and O–H groups in total.